The number of rotatable bonds is 5. The van der Waals surface area contributed by atoms with E-state index in [9.17, 15) is 4.79 Å². The van der Waals surface area contributed by atoms with Crippen molar-refractivity contribution in [2.24, 2.45) is 0 Å². The molecule has 0 atom stereocenters. The summed E-state index contributed by atoms with van der Waals surface area (Å²) >= 11 is 3.04. The van der Waals surface area contributed by atoms with Gasteiger partial charge in [0.15, 0.2) is 5.13 Å². The SMILES string of the molecule is CCCc1sc(C(=O)Nc2nccs2)cc1CC. The van der Waals surface area contributed by atoms with Crippen molar-refractivity contribution in [3.63, 3.8) is 0 Å². The van der Waals surface area contributed by atoms with Crippen molar-refractivity contribution in [3.05, 3.63) is 33.0 Å². The number of hydrogen-bond acceptors (Lipinski definition) is 4. The molecule has 0 aliphatic carbocycles. The Morgan fingerprint density at radius 2 is 2.28 bits per heavy atom. The smallest absolute Gasteiger partial charge is 0.267 e. The number of aryl methyl sites for hydroxylation is 2. The van der Waals surface area contributed by atoms with E-state index in [1.807, 2.05) is 11.4 Å². The van der Waals surface area contributed by atoms with E-state index in [0.717, 1.165) is 24.1 Å². The average molecular weight is 280 g/mol. The van der Waals surface area contributed by atoms with Crippen molar-refractivity contribution < 1.29 is 4.79 Å². The van der Waals surface area contributed by atoms with Crippen molar-refractivity contribution in [2.75, 3.05) is 5.32 Å². The molecule has 0 saturated heterocycles. The highest BCUT2D eigenvalue weighted by Gasteiger charge is 2.14. The van der Waals surface area contributed by atoms with Gasteiger partial charge in [-0.25, -0.2) is 4.98 Å². The minimum atomic E-state index is -0.0491. The molecular weight excluding hydrogens is 264 g/mol. The van der Waals surface area contributed by atoms with Crippen LogP contribution in [0.2, 0.25) is 0 Å². The number of amides is 1. The van der Waals surface area contributed by atoms with Gasteiger partial charge in [0.2, 0.25) is 0 Å². The van der Waals surface area contributed by atoms with Crippen LogP contribution in [-0.2, 0) is 12.8 Å². The molecule has 0 aliphatic heterocycles. The van der Waals surface area contributed by atoms with Crippen LogP contribution in [0, 0.1) is 0 Å². The van der Waals surface area contributed by atoms with Gasteiger partial charge < -0.3 is 0 Å². The highest BCUT2D eigenvalue weighted by Crippen LogP contribution is 2.25. The minimum absolute atomic E-state index is 0.0491. The monoisotopic (exact) mass is 280 g/mol. The van der Waals surface area contributed by atoms with E-state index in [2.05, 4.69) is 24.1 Å². The second-order valence-electron chi connectivity index (χ2n) is 3.95. The van der Waals surface area contributed by atoms with Crippen LogP contribution >= 0.6 is 22.7 Å². The number of thiophene rings is 1. The number of nitrogens with one attached hydrogen (secondary N) is 1. The zero-order valence-electron chi connectivity index (χ0n) is 10.5. The molecule has 1 N–H and O–H groups in total. The first-order valence-electron chi connectivity index (χ1n) is 6.07. The number of anilines is 1. The Bertz CT molecular complexity index is 517. The van der Waals surface area contributed by atoms with Crippen LogP contribution in [0.25, 0.3) is 0 Å². The lowest BCUT2D eigenvalue weighted by Gasteiger charge is -1.97. The summed E-state index contributed by atoms with van der Waals surface area (Å²) in [6.45, 7) is 4.29. The quantitative estimate of drug-likeness (QED) is 0.900. The lowest BCUT2D eigenvalue weighted by atomic mass is 10.1. The molecule has 0 spiro atoms. The fourth-order valence-corrected chi connectivity index (χ4v) is 3.54. The summed E-state index contributed by atoms with van der Waals surface area (Å²) in [5.41, 5.74) is 1.30. The van der Waals surface area contributed by atoms with Gasteiger partial charge in [-0.3, -0.25) is 10.1 Å². The zero-order chi connectivity index (χ0) is 13.0. The molecule has 0 aliphatic rings. The molecule has 0 bridgehead atoms. The van der Waals surface area contributed by atoms with Gasteiger partial charge >= 0.3 is 0 Å². The Hall–Kier alpha value is -1.20. The van der Waals surface area contributed by atoms with Gasteiger partial charge in [-0.1, -0.05) is 20.3 Å². The van der Waals surface area contributed by atoms with Crippen molar-refractivity contribution in [2.45, 2.75) is 33.1 Å². The topological polar surface area (TPSA) is 42.0 Å². The standard InChI is InChI=1S/C13H16N2OS2/c1-3-5-10-9(4-2)8-11(18-10)12(16)15-13-14-6-7-17-13/h6-8H,3-5H2,1-2H3,(H,14,15,16). The molecule has 2 heterocycles. The van der Waals surface area contributed by atoms with Crippen molar-refractivity contribution in [3.8, 4) is 0 Å². The molecule has 0 radical (unpaired) electrons. The average Bonchev–Trinajstić information content (AvgIpc) is 2.98. The Morgan fingerprint density at radius 3 is 2.89 bits per heavy atom. The summed E-state index contributed by atoms with van der Waals surface area (Å²) in [6, 6.07) is 2.01. The van der Waals surface area contributed by atoms with Gasteiger partial charge in [-0.2, -0.15) is 0 Å². The van der Waals surface area contributed by atoms with Gasteiger partial charge in [0.25, 0.3) is 5.91 Å². The fraction of sp³-hybridized carbons (Fsp3) is 0.385. The number of hydrogen-bond donors (Lipinski definition) is 1. The van der Waals surface area contributed by atoms with Gasteiger partial charge in [-0.05, 0) is 24.5 Å². The summed E-state index contributed by atoms with van der Waals surface area (Å²) < 4.78 is 0. The van der Waals surface area contributed by atoms with E-state index in [-0.39, 0.29) is 5.91 Å². The fourth-order valence-electron chi connectivity index (χ4n) is 1.76. The molecule has 3 nitrogen and oxygen atoms in total. The molecule has 2 aromatic heterocycles. The van der Waals surface area contributed by atoms with Crippen molar-refractivity contribution in [1.29, 1.82) is 0 Å². The third-order valence-corrected chi connectivity index (χ3v) is 4.56. The summed E-state index contributed by atoms with van der Waals surface area (Å²) in [6.07, 6.45) is 4.84. The molecule has 2 rings (SSSR count). The first-order chi connectivity index (χ1) is 8.74. The van der Waals surface area contributed by atoms with Gasteiger partial charge in [-0.15, -0.1) is 22.7 Å². The van der Waals surface area contributed by atoms with E-state index >= 15 is 0 Å². The lowest BCUT2D eigenvalue weighted by Crippen LogP contribution is -2.09. The van der Waals surface area contributed by atoms with E-state index in [0.29, 0.717) is 5.13 Å². The Morgan fingerprint density at radius 1 is 1.44 bits per heavy atom. The Balaban J connectivity index is 2.15. The third kappa shape index (κ3) is 2.97. The summed E-state index contributed by atoms with van der Waals surface area (Å²) in [4.78, 5) is 18.2. The van der Waals surface area contributed by atoms with Crippen LogP contribution in [0.15, 0.2) is 17.6 Å². The Kier molecular flexibility index (Phi) is 4.49. The van der Waals surface area contributed by atoms with Crippen LogP contribution in [0.4, 0.5) is 5.13 Å². The van der Waals surface area contributed by atoms with Crippen LogP contribution in [0.1, 0.15) is 40.4 Å². The number of aromatic nitrogens is 1. The molecule has 0 saturated carbocycles. The summed E-state index contributed by atoms with van der Waals surface area (Å²) in [5, 5.41) is 5.33. The summed E-state index contributed by atoms with van der Waals surface area (Å²) in [7, 11) is 0. The van der Waals surface area contributed by atoms with Crippen LogP contribution in [0.3, 0.4) is 0 Å². The maximum Gasteiger partial charge on any atom is 0.267 e. The minimum Gasteiger partial charge on any atom is -0.297 e. The van der Waals surface area contributed by atoms with E-state index in [1.165, 1.54) is 21.8 Å². The number of nitrogens with zero attached hydrogens (tertiary/aromatic N) is 1. The lowest BCUT2D eigenvalue weighted by molar-refractivity contribution is 0.103. The second kappa shape index (κ2) is 6.11. The first kappa shape index (κ1) is 13.2. The number of carbonyl (C=O) groups excluding carboxylic acids is 1. The van der Waals surface area contributed by atoms with Crippen LogP contribution in [-0.4, -0.2) is 10.9 Å². The molecule has 96 valence electrons. The largest absolute Gasteiger partial charge is 0.297 e. The van der Waals surface area contributed by atoms with E-state index < -0.39 is 0 Å². The predicted molar refractivity (Wildman–Crippen MR) is 77.8 cm³/mol. The van der Waals surface area contributed by atoms with Crippen molar-refractivity contribution in [1.82, 2.24) is 4.98 Å². The molecule has 1 amide bonds. The maximum absolute atomic E-state index is 12.1. The number of thiazole rings is 1. The highest BCUT2D eigenvalue weighted by atomic mass is 32.1. The van der Waals surface area contributed by atoms with E-state index in [4.69, 9.17) is 0 Å². The van der Waals surface area contributed by atoms with Gasteiger partial charge in [0.1, 0.15) is 0 Å². The van der Waals surface area contributed by atoms with Crippen LogP contribution in [0.5, 0.6) is 0 Å². The van der Waals surface area contributed by atoms with Crippen LogP contribution < -0.4 is 5.32 Å². The van der Waals surface area contributed by atoms with Gasteiger partial charge in [0, 0.05) is 16.5 Å². The van der Waals surface area contributed by atoms with E-state index in [1.54, 1.807) is 17.5 Å². The van der Waals surface area contributed by atoms with Gasteiger partial charge in [0.05, 0.1) is 4.88 Å². The Labute approximate surface area is 115 Å². The molecule has 0 aromatic carbocycles. The molecule has 0 unspecified atom stereocenters. The van der Waals surface area contributed by atoms with Crippen molar-refractivity contribution >= 4 is 33.7 Å². The third-order valence-electron chi connectivity index (χ3n) is 2.63. The number of carbonyl (C=O) groups is 1. The normalized spacial score (nSPS) is 10.6. The zero-order valence-corrected chi connectivity index (χ0v) is 12.2. The maximum atomic E-state index is 12.1. The second-order valence-corrected chi connectivity index (χ2v) is 5.99. The molecule has 0 fully saturated rings. The molecule has 5 heteroatoms. The molecular formula is C13H16N2OS2. The predicted octanol–water partition coefficient (Wildman–Crippen LogP) is 3.97. The molecule has 2 aromatic rings. The first-order valence-corrected chi connectivity index (χ1v) is 7.76. The summed E-state index contributed by atoms with van der Waals surface area (Å²) in [5.74, 6) is -0.0491. The molecule has 18 heavy (non-hydrogen) atoms. The highest BCUT2D eigenvalue weighted by molar-refractivity contribution is 7.15.